The van der Waals surface area contributed by atoms with E-state index < -0.39 is 0 Å². The van der Waals surface area contributed by atoms with Crippen LogP contribution in [0.25, 0.3) is 0 Å². The second kappa shape index (κ2) is 5.02. The summed E-state index contributed by atoms with van der Waals surface area (Å²) >= 11 is 0. The van der Waals surface area contributed by atoms with E-state index in [0.717, 1.165) is 28.8 Å². The molecule has 3 rings (SSSR count). The van der Waals surface area contributed by atoms with Crippen molar-refractivity contribution >= 4 is 11.8 Å². The van der Waals surface area contributed by atoms with Crippen molar-refractivity contribution in [3.8, 4) is 0 Å². The SMILES string of the molecule is C=C1CC[C@H](N2Cc3ccc(C(C)C)cc3C2=O)C(=O)N1. The molecule has 1 aromatic carbocycles. The Morgan fingerprint density at radius 2 is 2.10 bits per heavy atom. The molecular weight excluding hydrogens is 264 g/mol. The number of nitrogens with one attached hydrogen (secondary N) is 1. The number of benzene rings is 1. The number of piperidine rings is 1. The van der Waals surface area contributed by atoms with E-state index in [-0.39, 0.29) is 17.9 Å². The first-order valence-corrected chi connectivity index (χ1v) is 7.40. The molecule has 0 bridgehead atoms. The summed E-state index contributed by atoms with van der Waals surface area (Å²) in [5.41, 5.74) is 3.66. The molecule has 0 unspecified atom stereocenters. The van der Waals surface area contributed by atoms with Gasteiger partial charge in [0.25, 0.3) is 5.91 Å². The van der Waals surface area contributed by atoms with E-state index >= 15 is 0 Å². The number of hydrogen-bond donors (Lipinski definition) is 1. The van der Waals surface area contributed by atoms with E-state index in [2.05, 4.69) is 31.8 Å². The largest absolute Gasteiger partial charge is 0.329 e. The summed E-state index contributed by atoms with van der Waals surface area (Å²) in [4.78, 5) is 26.4. The Morgan fingerprint density at radius 3 is 2.76 bits per heavy atom. The molecule has 2 amide bonds. The molecule has 4 nitrogen and oxygen atoms in total. The van der Waals surface area contributed by atoms with Crippen LogP contribution in [-0.2, 0) is 11.3 Å². The van der Waals surface area contributed by atoms with Crippen molar-refractivity contribution < 1.29 is 9.59 Å². The van der Waals surface area contributed by atoms with E-state index in [1.165, 1.54) is 0 Å². The number of fused-ring (bicyclic) bond motifs is 1. The minimum atomic E-state index is -0.377. The maximum atomic E-state index is 12.6. The highest BCUT2D eigenvalue weighted by Gasteiger charge is 2.38. The second-order valence-electron chi connectivity index (χ2n) is 6.15. The first-order chi connectivity index (χ1) is 9.97. The van der Waals surface area contributed by atoms with Crippen LogP contribution in [0.15, 0.2) is 30.5 Å². The molecule has 0 saturated carbocycles. The Balaban J connectivity index is 1.87. The molecule has 2 heterocycles. The van der Waals surface area contributed by atoms with Gasteiger partial charge in [-0.25, -0.2) is 0 Å². The first kappa shape index (κ1) is 13.9. The maximum absolute atomic E-state index is 12.6. The van der Waals surface area contributed by atoms with Gasteiger partial charge in [-0.15, -0.1) is 0 Å². The summed E-state index contributed by atoms with van der Waals surface area (Å²) in [6, 6.07) is 5.69. The zero-order chi connectivity index (χ0) is 15.1. The third kappa shape index (κ3) is 2.35. The Hall–Kier alpha value is -2.10. The Bertz CT molecular complexity index is 634. The predicted molar refractivity (Wildman–Crippen MR) is 80.7 cm³/mol. The topological polar surface area (TPSA) is 49.4 Å². The molecule has 1 atom stereocenters. The van der Waals surface area contributed by atoms with Crippen molar-refractivity contribution in [1.82, 2.24) is 10.2 Å². The Kier molecular flexibility index (Phi) is 3.32. The first-order valence-electron chi connectivity index (χ1n) is 7.40. The molecule has 1 saturated heterocycles. The van der Waals surface area contributed by atoms with Gasteiger partial charge in [-0.3, -0.25) is 9.59 Å². The van der Waals surface area contributed by atoms with Crippen LogP contribution in [0.1, 0.15) is 54.1 Å². The van der Waals surface area contributed by atoms with Gasteiger partial charge in [0.1, 0.15) is 6.04 Å². The van der Waals surface area contributed by atoms with Crippen LogP contribution in [0.5, 0.6) is 0 Å². The monoisotopic (exact) mass is 284 g/mol. The van der Waals surface area contributed by atoms with E-state index in [0.29, 0.717) is 18.9 Å². The third-order valence-corrected chi connectivity index (χ3v) is 4.33. The van der Waals surface area contributed by atoms with Crippen molar-refractivity contribution in [3.05, 3.63) is 47.2 Å². The molecule has 0 spiro atoms. The van der Waals surface area contributed by atoms with Crippen LogP contribution in [0, 0.1) is 0 Å². The van der Waals surface area contributed by atoms with Gasteiger partial charge < -0.3 is 10.2 Å². The number of allylic oxidation sites excluding steroid dienone is 1. The van der Waals surface area contributed by atoms with Gasteiger partial charge in [-0.2, -0.15) is 0 Å². The van der Waals surface area contributed by atoms with Crippen LogP contribution in [-0.4, -0.2) is 22.8 Å². The predicted octanol–water partition coefficient (Wildman–Crippen LogP) is 2.56. The molecule has 1 N–H and O–H groups in total. The molecule has 110 valence electrons. The lowest BCUT2D eigenvalue weighted by Crippen LogP contribution is -2.49. The van der Waals surface area contributed by atoms with Gasteiger partial charge in [-0.1, -0.05) is 32.6 Å². The van der Waals surface area contributed by atoms with Crippen LogP contribution in [0.4, 0.5) is 0 Å². The zero-order valence-electron chi connectivity index (χ0n) is 12.5. The lowest BCUT2D eigenvalue weighted by atomic mass is 9.98. The number of rotatable bonds is 2. The van der Waals surface area contributed by atoms with Crippen LogP contribution < -0.4 is 5.32 Å². The number of nitrogens with zero attached hydrogens (tertiary/aromatic N) is 1. The van der Waals surface area contributed by atoms with Crippen LogP contribution in [0.2, 0.25) is 0 Å². The van der Waals surface area contributed by atoms with Crippen molar-refractivity contribution in [1.29, 1.82) is 0 Å². The van der Waals surface area contributed by atoms with E-state index in [4.69, 9.17) is 0 Å². The number of hydrogen-bond acceptors (Lipinski definition) is 2. The summed E-state index contributed by atoms with van der Waals surface area (Å²) in [5.74, 6) is 0.245. The number of carbonyl (C=O) groups is 2. The van der Waals surface area contributed by atoms with Gasteiger partial charge in [0.2, 0.25) is 5.91 Å². The molecule has 0 aliphatic carbocycles. The summed E-state index contributed by atoms with van der Waals surface area (Å²) in [7, 11) is 0. The van der Waals surface area contributed by atoms with Crippen molar-refractivity contribution in [3.63, 3.8) is 0 Å². The van der Waals surface area contributed by atoms with Gasteiger partial charge in [0.05, 0.1) is 0 Å². The van der Waals surface area contributed by atoms with Gasteiger partial charge in [0.15, 0.2) is 0 Å². The van der Waals surface area contributed by atoms with Gasteiger partial charge in [-0.05, 0) is 36.0 Å². The molecular formula is C17H20N2O2. The second-order valence-corrected chi connectivity index (χ2v) is 6.15. The minimum absolute atomic E-state index is 0.0276. The molecule has 1 fully saturated rings. The molecule has 0 radical (unpaired) electrons. The highest BCUT2D eigenvalue weighted by Crippen LogP contribution is 2.30. The summed E-state index contributed by atoms with van der Waals surface area (Å²) in [6.07, 6.45) is 1.38. The standard InChI is InChI=1S/C17H20N2O2/c1-10(2)12-5-6-13-9-19(17(21)14(13)8-12)15-7-4-11(3)18-16(15)20/h5-6,8,10,15H,3-4,7,9H2,1-2H3,(H,18,20)/t15-/m0/s1. The van der Waals surface area contributed by atoms with E-state index in [1.54, 1.807) is 4.90 Å². The average molecular weight is 284 g/mol. The molecule has 0 aromatic heterocycles. The average Bonchev–Trinajstić information content (AvgIpc) is 2.75. The van der Waals surface area contributed by atoms with Gasteiger partial charge in [0, 0.05) is 17.8 Å². The van der Waals surface area contributed by atoms with Crippen LogP contribution in [0.3, 0.4) is 0 Å². The highest BCUT2D eigenvalue weighted by molar-refractivity contribution is 6.01. The van der Waals surface area contributed by atoms with E-state index in [1.807, 2.05) is 12.1 Å². The van der Waals surface area contributed by atoms with Crippen molar-refractivity contribution in [2.45, 2.75) is 45.2 Å². The van der Waals surface area contributed by atoms with Gasteiger partial charge >= 0.3 is 0 Å². The summed E-state index contributed by atoms with van der Waals surface area (Å²) < 4.78 is 0. The molecule has 2 aliphatic heterocycles. The smallest absolute Gasteiger partial charge is 0.255 e. The molecule has 21 heavy (non-hydrogen) atoms. The van der Waals surface area contributed by atoms with Crippen molar-refractivity contribution in [2.75, 3.05) is 0 Å². The zero-order valence-corrected chi connectivity index (χ0v) is 12.5. The third-order valence-electron chi connectivity index (χ3n) is 4.33. The Labute approximate surface area is 124 Å². The minimum Gasteiger partial charge on any atom is -0.329 e. The Morgan fingerprint density at radius 1 is 1.33 bits per heavy atom. The fourth-order valence-electron chi connectivity index (χ4n) is 3.01. The summed E-state index contributed by atoms with van der Waals surface area (Å²) in [6.45, 7) is 8.53. The fourth-order valence-corrected chi connectivity index (χ4v) is 3.01. The quantitative estimate of drug-likeness (QED) is 0.907. The van der Waals surface area contributed by atoms with E-state index in [9.17, 15) is 9.59 Å². The maximum Gasteiger partial charge on any atom is 0.255 e. The highest BCUT2D eigenvalue weighted by atomic mass is 16.2. The molecule has 2 aliphatic rings. The fraction of sp³-hybridized carbons (Fsp3) is 0.412. The normalized spacial score (nSPS) is 21.8. The number of carbonyl (C=O) groups excluding carboxylic acids is 2. The lowest BCUT2D eigenvalue weighted by Gasteiger charge is -2.30. The van der Waals surface area contributed by atoms with Crippen LogP contribution >= 0.6 is 0 Å². The summed E-state index contributed by atoms with van der Waals surface area (Å²) in [5, 5.41) is 2.76. The molecule has 1 aromatic rings. The molecule has 4 heteroatoms. The lowest BCUT2D eigenvalue weighted by molar-refractivity contribution is -0.126. The number of amides is 2. The van der Waals surface area contributed by atoms with Crippen molar-refractivity contribution in [2.24, 2.45) is 0 Å².